The number of carbonyl (C=O) groups is 3. The van der Waals surface area contributed by atoms with E-state index in [4.69, 9.17) is 33.4 Å². The van der Waals surface area contributed by atoms with Crippen molar-refractivity contribution in [3.8, 4) is 11.4 Å². The summed E-state index contributed by atoms with van der Waals surface area (Å²) in [5, 5.41) is 35.8. The number of aliphatic carboxylic acids is 2. The average Bonchev–Trinajstić information content (AvgIpc) is 3.88. The zero-order chi connectivity index (χ0) is 48.3. The van der Waals surface area contributed by atoms with Crippen LogP contribution in [0.4, 0.5) is 13.6 Å². The highest BCUT2D eigenvalue weighted by Gasteiger charge is 2.30. The fourth-order valence-electron chi connectivity index (χ4n) is 5.56. The fraction of sp³-hybridized carbons (Fsp3) is 0.195. The lowest BCUT2D eigenvalue weighted by Crippen LogP contribution is -2.36. The molecule has 0 radical (unpaired) electrons. The van der Waals surface area contributed by atoms with E-state index in [1.165, 1.54) is 91.5 Å². The Morgan fingerprint density at radius 3 is 1.52 bits per heavy atom. The molecule has 0 saturated heterocycles. The average molecular weight is 978 g/mol. The molecular weight excluding hydrogens is 938 g/mol. The van der Waals surface area contributed by atoms with Gasteiger partial charge in [0.25, 0.3) is 0 Å². The first-order valence-electron chi connectivity index (χ1n) is 18.6. The minimum absolute atomic E-state index is 0.0121. The van der Waals surface area contributed by atoms with Crippen LogP contribution in [0.3, 0.4) is 0 Å². The third-order valence-corrected chi connectivity index (χ3v) is 12.4. The number of sulfone groups is 2. The maximum absolute atomic E-state index is 14.1. The second kappa shape index (κ2) is 21.9. The maximum atomic E-state index is 14.1. The van der Waals surface area contributed by atoms with Crippen LogP contribution in [0.2, 0.25) is 10.0 Å². The van der Waals surface area contributed by atoms with Crippen molar-refractivity contribution >= 4 is 60.9 Å². The third kappa shape index (κ3) is 13.5. The van der Waals surface area contributed by atoms with Crippen molar-refractivity contribution in [3.63, 3.8) is 0 Å². The summed E-state index contributed by atoms with van der Waals surface area (Å²) in [7, 11) is -6.33. The maximum Gasteiger partial charge on any atom is 0.407 e. The number of pyridine rings is 2. The molecule has 0 fully saturated rings. The van der Waals surface area contributed by atoms with Crippen LogP contribution in [-0.4, -0.2) is 98.2 Å². The van der Waals surface area contributed by atoms with E-state index >= 15 is 0 Å². The Balaban J connectivity index is 0.000000249. The van der Waals surface area contributed by atoms with Crippen molar-refractivity contribution in [2.24, 2.45) is 5.41 Å². The summed E-state index contributed by atoms with van der Waals surface area (Å²) in [5.41, 5.74) is 0.464. The Hall–Kier alpha value is -6.59. The van der Waals surface area contributed by atoms with E-state index in [2.05, 4.69) is 25.5 Å². The summed E-state index contributed by atoms with van der Waals surface area (Å²) >= 11 is 12.1. The topological polar surface area (TPSA) is 257 Å². The number of hydrogen-bond acceptors (Lipinski definition) is 12. The second-order valence-corrected chi connectivity index (χ2v) is 19.1. The molecule has 2 aromatic carbocycles. The number of nitrogens with one attached hydrogen (secondary N) is 1. The van der Waals surface area contributed by atoms with Gasteiger partial charge in [-0.2, -0.15) is 10.2 Å². The lowest BCUT2D eigenvalue weighted by atomic mass is 9.96. The van der Waals surface area contributed by atoms with Crippen LogP contribution < -0.4 is 5.32 Å². The summed E-state index contributed by atoms with van der Waals surface area (Å²) in [6.07, 6.45) is 5.29. The second-order valence-electron chi connectivity index (χ2n) is 14.5. The summed E-state index contributed by atoms with van der Waals surface area (Å²) in [6, 6.07) is 16.6. The highest BCUT2D eigenvalue weighted by atomic mass is 35.5. The van der Waals surface area contributed by atoms with Crippen LogP contribution in [0.5, 0.6) is 0 Å². The number of carboxylic acids is 2. The number of amides is 1. The van der Waals surface area contributed by atoms with Gasteiger partial charge in [-0.1, -0.05) is 56.1 Å². The van der Waals surface area contributed by atoms with Gasteiger partial charge in [0.05, 0.1) is 39.1 Å². The number of halogens is 4. The van der Waals surface area contributed by atoms with Gasteiger partial charge in [0.15, 0.2) is 10.1 Å². The van der Waals surface area contributed by atoms with E-state index in [0.29, 0.717) is 24.4 Å². The number of rotatable bonds is 13. The largest absolute Gasteiger partial charge is 0.478 e. The molecule has 1 amide bonds. The fourth-order valence-corrected chi connectivity index (χ4v) is 8.69. The molecule has 4 aromatic heterocycles. The van der Waals surface area contributed by atoms with Gasteiger partial charge in [0.2, 0.25) is 19.7 Å². The van der Waals surface area contributed by atoms with E-state index in [-0.39, 0.29) is 65.5 Å². The molecule has 65 heavy (non-hydrogen) atoms. The van der Waals surface area contributed by atoms with E-state index in [0.717, 1.165) is 20.3 Å². The van der Waals surface area contributed by atoms with Crippen molar-refractivity contribution in [2.75, 3.05) is 13.6 Å². The predicted molar refractivity (Wildman–Crippen MR) is 232 cm³/mol. The van der Waals surface area contributed by atoms with Crippen LogP contribution in [0.25, 0.3) is 11.4 Å². The Bertz CT molecular complexity index is 2900. The molecular formula is C41H40Cl2F2N8O10S2. The summed E-state index contributed by atoms with van der Waals surface area (Å²) < 4.78 is 82.7. The molecule has 4 heterocycles. The Morgan fingerprint density at radius 2 is 1.15 bits per heavy atom. The molecule has 4 N–H and O–H groups in total. The van der Waals surface area contributed by atoms with Gasteiger partial charge in [0.1, 0.15) is 21.7 Å². The van der Waals surface area contributed by atoms with Crippen LogP contribution >= 0.6 is 23.2 Å². The Morgan fingerprint density at radius 1 is 0.723 bits per heavy atom. The van der Waals surface area contributed by atoms with Crippen LogP contribution in [-0.2, 0) is 42.4 Å². The van der Waals surface area contributed by atoms with E-state index < -0.39 is 49.3 Å². The molecule has 0 atom stereocenters. The van der Waals surface area contributed by atoms with E-state index in [1.807, 2.05) is 20.8 Å². The molecule has 0 aliphatic heterocycles. The zero-order valence-electron chi connectivity index (χ0n) is 34.7. The van der Waals surface area contributed by atoms with Crippen molar-refractivity contribution in [1.82, 2.24) is 39.7 Å². The number of nitrogens with zero attached hydrogens (tertiary/aromatic N) is 7. The first kappa shape index (κ1) is 51.0. The van der Waals surface area contributed by atoms with Crippen LogP contribution in [0.15, 0.2) is 130 Å². The van der Waals surface area contributed by atoms with Gasteiger partial charge in [-0.25, -0.2) is 49.4 Å². The predicted octanol–water partition coefficient (Wildman–Crippen LogP) is 6.74. The summed E-state index contributed by atoms with van der Waals surface area (Å²) in [5.74, 6) is -3.92. The molecule has 0 saturated carbocycles. The van der Waals surface area contributed by atoms with Gasteiger partial charge >= 0.3 is 18.0 Å². The van der Waals surface area contributed by atoms with Gasteiger partial charge in [-0.15, -0.1) is 0 Å². The molecule has 0 aliphatic rings. The standard InChI is InChI=1S/C21H22ClFN4O4S.C16H14ClFN4O2S.C4H4O4/c1-21(2,3)13-26(20(28)29)12-14-10-18(32(30,31)15-6-5-9-24-11-15)27(25-14)17-8-4-7-16(23)19(17)22;1-19-9-11-8-15(25(23,24)12-4-3-7-20-10-12)22(21-11)14-6-2-5-13(18)16(14)17;5-3(6)1-2-4(7)8/h4-11H,12-13H2,1-3H3,(H,28,29);2-8,10,19H,9H2,1H3;1-2H,(H,5,6)(H,7,8). The molecule has 0 aliphatic carbocycles. The van der Waals surface area contributed by atoms with Crippen LogP contribution in [0.1, 0.15) is 32.2 Å². The molecule has 24 heteroatoms. The van der Waals surface area contributed by atoms with Crippen molar-refractivity contribution in [2.45, 2.75) is 53.7 Å². The minimum atomic E-state index is -4.13. The number of carboxylic acid groups (broad SMARTS) is 3. The highest BCUT2D eigenvalue weighted by Crippen LogP contribution is 2.31. The lowest BCUT2D eigenvalue weighted by Gasteiger charge is -2.27. The number of benzene rings is 2. The Labute approximate surface area is 381 Å². The highest BCUT2D eigenvalue weighted by molar-refractivity contribution is 7.91. The van der Waals surface area contributed by atoms with Crippen molar-refractivity contribution in [1.29, 1.82) is 0 Å². The zero-order valence-corrected chi connectivity index (χ0v) is 37.8. The summed E-state index contributed by atoms with van der Waals surface area (Å²) in [6.45, 7) is 6.02. The molecule has 0 spiro atoms. The number of hydrogen-bond donors (Lipinski definition) is 4. The normalized spacial score (nSPS) is 11.6. The summed E-state index contributed by atoms with van der Waals surface area (Å²) in [4.78, 5) is 39.6. The number of aromatic nitrogens is 6. The lowest BCUT2D eigenvalue weighted by molar-refractivity contribution is -0.134. The molecule has 6 aromatic rings. The monoisotopic (exact) mass is 976 g/mol. The van der Waals surface area contributed by atoms with Crippen LogP contribution in [0, 0.1) is 17.0 Å². The van der Waals surface area contributed by atoms with Gasteiger partial charge in [-0.05, 0) is 61.0 Å². The molecule has 0 unspecified atom stereocenters. The van der Waals surface area contributed by atoms with Crippen molar-refractivity contribution < 1.29 is 55.3 Å². The Kier molecular flexibility index (Phi) is 17.2. The minimum Gasteiger partial charge on any atom is -0.478 e. The first-order valence-corrected chi connectivity index (χ1v) is 22.3. The molecule has 0 bridgehead atoms. The van der Waals surface area contributed by atoms with E-state index in [1.54, 1.807) is 7.05 Å². The van der Waals surface area contributed by atoms with Crippen molar-refractivity contribution in [3.05, 3.63) is 143 Å². The first-order chi connectivity index (χ1) is 30.5. The van der Waals surface area contributed by atoms with Gasteiger partial charge < -0.3 is 25.5 Å². The third-order valence-electron chi connectivity index (χ3n) is 8.23. The van der Waals surface area contributed by atoms with E-state index in [9.17, 15) is 45.1 Å². The SMILES string of the molecule is CC(C)(C)CN(Cc1cc(S(=O)(=O)c2cccnc2)n(-c2cccc(F)c2Cl)n1)C(=O)O.CNCc1cc(S(=O)(=O)c2cccnc2)n(-c2cccc(F)c2Cl)n1.O=C(O)C=CC(=O)O. The van der Waals surface area contributed by atoms with Gasteiger partial charge in [0, 0.05) is 62.2 Å². The molecule has 6 rings (SSSR count). The smallest absolute Gasteiger partial charge is 0.407 e. The van der Waals surface area contributed by atoms with Gasteiger partial charge in [-0.3, -0.25) is 9.97 Å². The quantitative estimate of drug-likeness (QED) is 0.0874. The molecule has 344 valence electrons. The molecule has 18 nitrogen and oxygen atoms in total.